The molecule has 1 aromatic carbocycles. The molecule has 0 unspecified atom stereocenters. The molecule has 90 valence electrons. The van der Waals surface area contributed by atoms with Gasteiger partial charge in [0.1, 0.15) is 6.61 Å². The molecule has 0 aliphatic heterocycles. The second kappa shape index (κ2) is 5.42. The van der Waals surface area contributed by atoms with Gasteiger partial charge in [0, 0.05) is 16.6 Å². The summed E-state index contributed by atoms with van der Waals surface area (Å²) in [6.07, 6.45) is 0. The van der Waals surface area contributed by atoms with Crippen molar-refractivity contribution in [1.29, 1.82) is 0 Å². The van der Waals surface area contributed by atoms with Crippen LogP contribution in [0.1, 0.15) is 4.88 Å². The van der Waals surface area contributed by atoms with E-state index >= 15 is 0 Å². The van der Waals surface area contributed by atoms with E-state index in [9.17, 15) is 0 Å². The first-order valence-electron chi connectivity index (χ1n) is 4.99. The summed E-state index contributed by atoms with van der Waals surface area (Å²) in [5.41, 5.74) is 6.33. The highest BCUT2D eigenvalue weighted by Crippen LogP contribution is 2.30. The molecule has 0 radical (unpaired) electrons. The zero-order valence-corrected chi connectivity index (χ0v) is 11.7. The van der Waals surface area contributed by atoms with E-state index in [4.69, 9.17) is 15.2 Å². The van der Waals surface area contributed by atoms with Gasteiger partial charge in [0.2, 0.25) is 0 Å². The van der Waals surface area contributed by atoms with Gasteiger partial charge in [0.25, 0.3) is 0 Å². The van der Waals surface area contributed by atoms with Crippen LogP contribution in [-0.4, -0.2) is 7.11 Å². The number of hydrogen-bond donors (Lipinski definition) is 1. The first-order valence-corrected chi connectivity index (χ1v) is 6.60. The average Bonchev–Trinajstić information content (AvgIpc) is 2.73. The predicted octanol–water partition coefficient (Wildman–Crippen LogP) is 3.68. The van der Waals surface area contributed by atoms with E-state index in [2.05, 4.69) is 15.9 Å². The Labute approximate surface area is 112 Å². The number of thiophene rings is 1. The molecule has 2 rings (SSSR count). The van der Waals surface area contributed by atoms with Crippen molar-refractivity contribution in [2.75, 3.05) is 12.8 Å². The third kappa shape index (κ3) is 3.14. The van der Waals surface area contributed by atoms with Crippen molar-refractivity contribution >= 4 is 33.0 Å². The molecule has 0 aliphatic rings. The molecule has 0 aliphatic carbocycles. The van der Waals surface area contributed by atoms with Crippen LogP contribution in [0, 0.1) is 0 Å². The van der Waals surface area contributed by atoms with E-state index < -0.39 is 0 Å². The number of halogens is 1. The van der Waals surface area contributed by atoms with Crippen molar-refractivity contribution in [3.63, 3.8) is 0 Å². The number of nitrogens with two attached hydrogens (primary N) is 1. The van der Waals surface area contributed by atoms with Crippen LogP contribution < -0.4 is 15.2 Å². The van der Waals surface area contributed by atoms with Gasteiger partial charge in [0.05, 0.1) is 10.9 Å². The first kappa shape index (κ1) is 12.3. The van der Waals surface area contributed by atoms with E-state index in [-0.39, 0.29) is 0 Å². The molecular formula is C12H12BrNO2S. The van der Waals surface area contributed by atoms with E-state index in [1.807, 2.05) is 18.2 Å². The zero-order valence-electron chi connectivity index (χ0n) is 9.27. The third-order valence-corrected chi connectivity index (χ3v) is 3.78. The second-order valence-corrected chi connectivity index (χ2v) is 5.95. The number of hydrogen-bond acceptors (Lipinski definition) is 4. The predicted molar refractivity (Wildman–Crippen MR) is 73.8 cm³/mol. The number of anilines is 1. The third-order valence-electron chi connectivity index (χ3n) is 2.19. The Morgan fingerprint density at radius 2 is 2.06 bits per heavy atom. The minimum absolute atomic E-state index is 0.524. The van der Waals surface area contributed by atoms with E-state index in [1.165, 1.54) is 0 Å². The topological polar surface area (TPSA) is 44.5 Å². The van der Waals surface area contributed by atoms with Crippen LogP contribution >= 0.6 is 27.3 Å². The maximum atomic E-state index is 5.69. The fraction of sp³-hybridized carbons (Fsp3) is 0.167. The van der Waals surface area contributed by atoms with Crippen LogP contribution in [0.15, 0.2) is 34.1 Å². The van der Waals surface area contributed by atoms with Crippen LogP contribution in [-0.2, 0) is 6.61 Å². The lowest BCUT2D eigenvalue weighted by Crippen LogP contribution is -1.97. The van der Waals surface area contributed by atoms with Crippen LogP contribution in [0.2, 0.25) is 0 Å². The molecule has 0 spiro atoms. The van der Waals surface area contributed by atoms with Gasteiger partial charge in [-0.25, -0.2) is 0 Å². The number of methoxy groups -OCH3 is 1. The maximum absolute atomic E-state index is 5.69. The van der Waals surface area contributed by atoms with Crippen molar-refractivity contribution in [3.05, 3.63) is 39.0 Å². The van der Waals surface area contributed by atoms with Gasteiger partial charge >= 0.3 is 0 Å². The summed E-state index contributed by atoms with van der Waals surface area (Å²) in [6.45, 7) is 0.524. The fourth-order valence-corrected chi connectivity index (χ4v) is 2.78. The number of rotatable bonds is 4. The summed E-state index contributed by atoms with van der Waals surface area (Å²) in [5.74, 6) is 1.35. The smallest absolute Gasteiger partial charge is 0.162 e. The molecule has 2 N–H and O–H groups in total. The van der Waals surface area contributed by atoms with Gasteiger partial charge in [-0.05, 0) is 40.2 Å². The SMILES string of the molecule is COc1cc(N)ccc1OCc1ccc(Br)s1. The van der Waals surface area contributed by atoms with Crippen LogP contribution in [0.3, 0.4) is 0 Å². The first-order chi connectivity index (χ1) is 8.19. The van der Waals surface area contributed by atoms with Crippen LogP contribution in [0.4, 0.5) is 5.69 Å². The molecule has 0 bridgehead atoms. The molecule has 0 amide bonds. The second-order valence-electron chi connectivity index (χ2n) is 3.40. The van der Waals surface area contributed by atoms with Crippen molar-refractivity contribution in [2.45, 2.75) is 6.61 Å². The highest BCUT2D eigenvalue weighted by Gasteiger charge is 2.05. The van der Waals surface area contributed by atoms with E-state index in [0.29, 0.717) is 23.8 Å². The lowest BCUT2D eigenvalue weighted by Gasteiger charge is -2.10. The molecule has 5 heteroatoms. The quantitative estimate of drug-likeness (QED) is 0.876. The monoisotopic (exact) mass is 313 g/mol. The number of nitrogen functional groups attached to an aromatic ring is 1. The summed E-state index contributed by atoms with van der Waals surface area (Å²) < 4.78 is 12.0. The minimum atomic E-state index is 0.524. The maximum Gasteiger partial charge on any atom is 0.162 e. The average molecular weight is 314 g/mol. The van der Waals surface area contributed by atoms with Crippen molar-refractivity contribution in [1.82, 2.24) is 0 Å². The molecule has 17 heavy (non-hydrogen) atoms. The molecule has 0 atom stereocenters. The lowest BCUT2D eigenvalue weighted by atomic mass is 10.3. The molecule has 2 aromatic rings. The van der Waals surface area contributed by atoms with Gasteiger partial charge in [-0.1, -0.05) is 0 Å². The molecule has 0 fully saturated rings. The molecule has 1 aromatic heterocycles. The van der Waals surface area contributed by atoms with Gasteiger partial charge in [-0.2, -0.15) is 0 Å². The van der Waals surface area contributed by atoms with E-state index in [0.717, 1.165) is 8.66 Å². The van der Waals surface area contributed by atoms with Crippen molar-refractivity contribution < 1.29 is 9.47 Å². The molecule has 0 saturated heterocycles. The standard InChI is InChI=1S/C12H12BrNO2S/c1-15-11-6-8(14)2-4-10(11)16-7-9-3-5-12(13)17-9/h2-6H,7,14H2,1H3. The van der Waals surface area contributed by atoms with Gasteiger partial charge < -0.3 is 15.2 Å². The lowest BCUT2D eigenvalue weighted by molar-refractivity contribution is 0.287. The number of benzene rings is 1. The Morgan fingerprint density at radius 1 is 1.24 bits per heavy atom. The molecular weight excluding hydrogens is 302 g/mol. The van der Waals surface area contributed by atoms with Crippen LogP contribution in [0.5, 0.6) is 11.5 Å². The molecule has 0 saturated carbocycles. The van der Waals surface area contributed by atoms with Crippen LogP contribution in [0.25, 0.3) is 0 Å². The summed E-state index contributed by atoms with van der Waals surface area (Å²) in [7, 11) is 1.60. The van der Waals surface area contributed by atoms with Crippen molar-refractivity contribution in [2.24, 2.45) is 0 Å². The van der Waals surface area contributed by atoms with Gasteiger partial charge in [-0.3, -0.25) is 0 Å². The summed E-state index contributed by atoms with van der Waals surface area (Å²) in [6, 6.07) is 9.39. The Kier molecular flexibility index (Phi) is 3.91. The Balaban J connectivity index is 2.08. The highest BCUT2D eigenvalue weighted by molar-refractivity contribution is 9.11. The molecule has 1 heterocycles. The Bertz CT molecular complexity index is 513. The fourth-order valence-electron chi connectivity index (χ4n) is 1.38. The highest BCUT2D eigenvalue weighted by atomic mass is 79.9. The largest absolute Gasteiger partial charge is 0.493 e. The number of ether oxygens (including phenoxy) is 2. The molecule has 3 nitrogen and oxygen atoms in total. The minimum Gasteiger partial charge on any atom is -0.493 e. The van der Waals surface area contributed by atoms with Gasteiger partial charge in [0.15, 0.2) is 11.5 Å². The zero-order chi connectivity index (χ0) is 12.3. The summed E-state index contributed by atoms with van der Waals surface area (Å²) in [5, 5.41) is 0. The van der Waals surface area contributed by atoms with E-state index in [1.54, 1.807) is 30.6 Å². The summed E-state index contributed by atoms with van der Waals surface area (Å²) >= 11 is 5.07. The normalized spacial score (nSPS) is 10.2. The Morgan fingerprint density at radius 3 is 2.71 bits per heavy atom. The van der Waals surface area contributed by atoms with Gasteiger partial charge in [-0.15, -0.1) is 11.3 Å². The van der Waals surface area contributed by atoms with Crippen molar-refractivity contribution in [3.8, 4) is 11.5 Å². The summed E-state index contributed by atoms with van der Waals surface area (Å²) in [4.78, 5) is 1.15. The Hall–Kier alpha value is -1.20.